The highest BCUT2D eigenvalue weighted by molar-refractivity contribution is 9.10. The van der Waals surface area contributed by atoms with Crippen molar-refractivity contribution in [2.75, 3.05) is 19.5 Å². The summed E-state index contributed by atoms with van der Waals surface area (Å²) >= 11 is 3.47. The van der Waals surface area contributed by atoms with Crippen LogP contribution in [0.4, 0.5) is 5.95 Å². The molecule has 26 heavy (non-hydrogen) atoms. The van der Waals surface area contributed by atoms with Gasteiger partial charge in [-0.1, -0.05) is 45.3 Å². The van der Waals surface area contributed by atoms with Crippen molar-refractivity contribution in [1.82, 2.24) is 20.2 Å². The van der Waals surface area contributed by atoms with E-state index in [0.717, 1.165) is 21.3 Å². The zero-order valence-corrected chi connectivity index (χ0v) is 15.8. The van der Waals surface area contributed by atoms with Gasteiger partial charge in [-0.3, -0.25) is 0 Å². The van der Waals surface area contributed by atoms with Crippen molar-refractivity contribution in [3.8, 4) is 11.5 Å². The van der Waals surface area contributed by atoms with Gasteiger partial charge in [-0.05, 0) is 40.3 Å². The summed E-state index contributed by atoms with van der Waals surface area (Å²) in [5, 5.41) is 15.3. The Balaban J connectivity index is 1.85. The second-order valence-corrected chi connectivity index (χ2v) is 6.60. The molecule has 2 heterocycles. The Morgan fingerprint density at radius 3 is 2.62 bits per heavy atom. The molecule has 0 unspecified atom stereocenters. The van der Waals surface area contributed by atoms with Crippen molar-refractivity contribution in [2.24, 2.45) is 0 Å². The monoisotopic (exact) mass is 413 g/mol. The Hall–Kier alpha value is -2.87. The lowest BCUT2D eigenvalue weighted by molar-refractivity contribution is 0.348. The molecule has 8 heteroatoms. The fourth-order valence-corrected chi connectivity index (χ4v) is 3.28. The normalized spacial score (nSPS) is 15.7. The first-order valence-electron chi connectivity index (χ1n) is 7.95. The lowest BCUT2D eigenvalue weighted by atomic mass is 10.0. The van der Waals surface area contributed by atoms with Crippen LogP contribution in [0.1, 0.15) is 17.2 Å². The molecule has 0 saturated carbocycles. The predicted molar refractivity (Wildman–Crippen MR) is 101 cm³/mol. The van der Waals surface area contributed by atoms with Crippen LogP contribution in [0, 0.1) is 0 Å². The third-order valence-corrected chi connectivity index (χ3v) is 4.76. The molecule has 0 bridgehead atoms. The molecule has 0 fully saturated rings. The molecule has 1 aliphatic rings. The Labute approximate surface area is 158 Å². The van der Waals surface area contributed by atoms with Crippen LogP contribution in [0.5, 0.6) is 11.5 Å². The lowest BCUT2D eigenvalue weighted by Crippen LogP contribution is -2.20. The van der Waals surface area contributed by atoms with E-state index in [1.165, 1.54) is 0 Å². The molecule has 132 valence electrons. The zero-order chi connectivity index (χ0) is 18.1. The summed E-state index contributed by atoms with van der Waals surface area (Å²) in [6.45, 7) is 0. The third kappa shape index (κ3) is 2.82. The second kappa shape index (κ2) is 6.80. The van der Waals surface area contributed by atoms with E-state index in [2.05, 4.69) is 42.8 Å². The molecule has 0 aliphatic carbocycles. The summed E-state index contributed by atoms with van der Waals surface area (Å²) in [7, 11) is 3.25. The lowest BCUT2D eigenvalue weighted by Gasteiger charge is -2.25. The quantitative estimate of drug-likeness (QED) is 0.705. The fraction of sp³-hybridized carbons (Fsp3) is 0.167. The van der Waals surface area contributed by atoms with Gasteiger partial charge in [-0.2, -0.15) is 4.68 Å². The van der Waals surface area contributed by atoms with Gasteiger partial charge in [-0.25, -0.2) is 0 Å². The van der Waals surface area contributed by atoms with Gasteiger partial charge in [-0.15, -0.1) is 0 Å². The van der Waals surface area contributed by atoms with Crippen LogP contribution in [0.2, 0.25) is 0 Å². The summed E-state index contributed by atoms with van der Waals surface area (Å²) in [6, 6.07) is 13.6. The SMILES string of the molecule is COc1cccc([C@@H]2C=C(c3ccc(Br)cc3)Nc3nnnn32)c1OC. The van der Waals surface area contributed by atoms with E-state index >= 15 is 0 Å². The first-order valence-corrected chi connectivity index (χ1v) is 8.74. The van der Waals surface area contributed by atoms with Gasteiger partial charge in [0.05, 0.1) is 14.2 Å². The van der Waals surface area contributed by atoms with Gasteiger partial charge in [0.15, 0.2) is 11.5 Å². The van der Waals surface area contributed by atoms with Crippen LogP contribution in [0.15, 0.2) is 53.0 Å². The number of halogens is 1. The van der Waals surface area contributed by atoms with Gasteiger partial charge in [0.2, 0.25) is 5.95 Å². The number of hydrogen-bond acceptors (Lipinski definition) is 6. The largest absolute Gasteiger partial charge is 0.493 e. The van der Waals surface area contributed by atoms with Crippen molar-refractivity contribution < 1.29 is 9.47 Å². The van der Waals surface area contributed by atoms with Crippen molar-refractivity contribution >= 4 is 27.6 Å². The van der Waals surface area contributed by atoms with Gasteiger partial charge in [0, 0.05) is 15.7 Å². The first kappa shape index (κ1) is 16.6. The second-order valence-electron chi connectivity index (χ2n) is 5.69. The Morgan fingerprint density at radius 1 is 1.08 bits per heavy atom. The molecular formula is C18H16BrN5O2. The highest BCUT2D eigenvalue weighted by Crippen LogP contribution is 2.40. The number of anilines is 1. The first-order chi connectivity index (χ1) is 12.7. The smallest absolute Gasteiger partial charge is 0.248 e. The minimum Gasteiger partial charge on any atom is -0.493 e. The average Bonchev–Trinajstić information content (AvgIpc) is 3.15. The minimum absolute atomic E-state index is 0.232. The Bertz CT molecular complexity index is 968. The maximum Gasteiger partial charge on any atom is 0.248 e. The van der Waals surface area contributed by atoms with Crippen molar-refractivity contribution in [3.63, 3.8) is 0 Å². The summed E-state index contributed by atoms with van der Waals surface area (Å²) in [6.07, 6.45) is 2.07. The highest BCUT2D eigenvalue weighted by atomic mass is 79.9. The third-order valence-electron chi connectivity index (χ3n) is 4.23. The number of benzene rings is 2. The van der Waals surface area contributed by atoms with Crippen LogP contribution in [0.25, 0.3) is 5.70 Å². The number of fused-ring (bicyclic) bond motifs is 1. The molecule has 0 amide bonds. The summed E-state index contributed by atoms with van der Waals surface area (Å²) < 4.78 is 13.8. The Kier molecular flexibility index (Phi) is 4.34. The number of para-hydroxylation sites is 1. The number of nitrogens with zero attached hydrogens (tertiary/aromatic N) is 4. The number of methoxy groups -OCH3 is 2. The van der Waals surface area contributed by atoms with E-state index in [0.29, 0.717) is 17.4 Å². The molecule has 0 spiro atoms. The highest BCUT2D eigenvalue weighted by Gasteiger charge is 2.27. The molecule has 7 nitrogen and oxygen atoms in total. The maximum absolute atomic E-state index is 5.61. The molecule has 0 saturated heterocycles. The summed E-state index contributed by atoms with van der Waals surface area (Å²) in [4.78, 5) is 0. The van der Waals surface area contributed by atoms with Crippen LogP contribution in [0.3, 0.4) is 0 Å². The molecular weight excluding hydrogens is 398 g/mol. The van der Waals surface area contributed by atoms with Crippen molar-refractivity contribution in [2.45, 2.75) is 6.04 Å². The molecule has 2 aromatic carbocycles. The van der Waals surface area contributed by atoms with Crippen LogP contribution < -0.4 is 14.8 Å². The van der Waals surface area contributed by atoms with Crippen molar-refractivity contribution in [3.05, 3.63) is 64.1 Å². The van der Waals surface area contributed by atoms with E-state index in [-0.39, 0.29) is 6.04 Å². The van der Waals surface area contributed by atoms with E-state index in [9.17, 15) is 0 Å². The number of tetrazole rings is 1. The van der Waals surface area contributed by atoms with Gasteiger partial charge >= 0.3 is 0 Å². The fourth-order valence-electron chi connectivity index (χ4n) is 3.02. The summed E-state index contributed by atoms with van der Waals surface area (Å²) in [5.41, 5.74) is 2.88. The zero-order valence-electron chi connectivity index (χ0n) is 14.2. The average molecular weight is 414 g/mol. The molecule has 1 N–H and O–H groups in total. The number of hydrogen-bond donors (Lipinski definition) is 1. The van der Waals surface area contributed by atoms with E-state index in [4.69, 9.17) is 9.47 Å². The molecule has 1 atom stereocenters. The standard InChI is InChI=1S/C18H16BrN5O2/c1-25-16-5-3-4-13(17(16)26-2)15-10-14(11-6-8-12(19)9-7-11)20-18-21-22-23-24(15)18/h3-10,15H,1-2H3,(H,20,21,23)/t15-/m0/s1. The van der Waals surface area contributed by atoms with Crippen LogP contribution in [-0.4, -0.2) is 34.4 Å². The van der Waals surface area contributed by atoms with Gasteiger partial charge in [0.25, 0.3) is 0 Å². The van der Waals surface area contributed by atoms with Crippen LogP contribution in [-0.2, 0) is 0 Å². The number of rotatable bonds is 4. The summed E-state index contributed by atoms with van der Waals surface area (Å²) in [5.74, 6) is 1.90. The van der Waals surface area contributed by atoms with Gasteiger partial charge < -0.3 is 14.8 Å². The van der Waals surface area contributed by atoms with E-state index in [1.807, 2.05) is 42.5 Å². The van der Waals surface area contributed by atoms with E-state index in [1.54, 1.807) is 18.9 Å². The number of aromatic nitrogens is 4. The maximum atomic E-state index is 5.61. The molecule has 1 aliphatic heterocycles. The molecule has 3 aromatic rings. The van der Waals surface area contributed by atoms with Crippen molar-refractivity contribution in [1.29, 1.82) is 0 Å². The van der Waals surface area contributed by atoms with E-state index < -0.39 is 0 Å². The van der Waals surface area contributed by atoms with Gasteiger partial charge in [0.1, 0.15) is 6.04 Å². The topological polar surface area (TPSA) is 74.1 Å². The number of nitrogens with one attached hydrogen (secondary N) is 1. The Morgan fingerprint density at radius 2 is 1.88 bits per heavy atom. The number of ether oxygens (including phenoxy) is 2. The number of allylic oxidation sites excluding steroid dienone is 1. The molecule has 4 rings (SSSR count). The van der Waals surface area contributed by atoms with Crippen LogP contribution >= 0.6 is 15.9 Å². The predicted octanol–water partition coefficient (Wildman–Crippen LogP) is 3.51. The molecule has 0 radical (unpaired) electrons. The minimum atomic E-state index is -0.232. The molecule has 1 aromatic heterocycles.